The van der Waals surface area contributed by atoms with E-state index in [-0.39, 0.29) is 0 Å². The van der Waals surface area contributed by atoms with Gasteiger partial charge in [-0.1, -0.05) is 0 Å². The Labute approximate surface area is 61.8 Å². The van der Waals surface area contributed by atoms with Gasteiger partial charge in [0.05, 0.1) is 4.48 Å². The number of nitrogens with zero attached hydrogens (tertiary/aromatic N) is 1. The van der Waals surface area contributed by atoms with E-state index >= 15 is 0 Å². The molecule has 50 valence electrons. The van der Waals surface area contributed by atoms with Crippen LogP contribution in [-0.4, -0.2) is 19.0 Å². The summed E-state index contributed by atoms with van der Waals surface area (Å²) < 4.78 is 0.514. The van der Waals surface area contributed by atoms with Crippen LogP contribution in [0.15, 0.2) is 15.7 Å². The molecule has 0 aromatic rings. The molecule has 0 aromatic carbocycles. The molecule has 0 saturated heterocycles. The van der Waals surface area contributed by atoms with Crippen LogP contribution in [0.1, 0.15) is 0 Å². The Balaban J connectivity index is 4.32. The van der Waals surface area contributed by atoms with Gasteiger partial charge in [0.2, 0.25) is 0 Å². The summed E-state index contributed by atoms with van der Waals surface area (Å²) in [5.41, 5.74) is 5.39. The first-order chi connectivity index (χ1) is 4.26. The Morgan fingerprint density at radius 3 is 2.44 bits per heavy atom. The van der Waals surface area contributed by atoms with E-state index in [1.807, 2.05) is 0 Å². The number of carbonyl (C=O) groups excluding carboxylic acids is 1. The van der Waals surface area contributed by atoms with Crippen LogP contribution in [-0.2, 0) is 4.79 Å². The van der Waals surface area contributed by atoms with E-state index in [2.05, 4.69) is 20.9 Å². The maximum Gasteiger partial charge on any atom is 0.169 e. The molecule has 2 N–H and O–H groups in total. The maximum absolute atomic E-state index is 10.1. The second-order valence-electron chi connectivity index (χ2n) is 1.24. The number of allylic oxidation sites excluding steroid dienone is 1. The van der Waals surface area contributed by atoms with Crippen molar-refractivity contribution in [2.45, 2.75) is 0 Å². The van der Waals surface area contributed by atoms with Gasteiger partial charge in [-0.2, -0.15) is 0 Å². The lowest BCUT2D eigenvalue weighted by Gasteiger charge is -1.90. The predicted molar refractivity (Wildman–Crippen MR) is 40.6 cm³/mol. The Morgan fingerprint density at radius 1 is 1.78 bits per heavy atom. The smallest absolute Gasteiger partial charge is 0.169 e. The van der Waals surface area contributed by atoms with Gasteiger partial charge in [0.1, 0.15) is 5.71 Å². The van der Waals surface area contributed by atoms with Crippen LogP contribution < -0.4 is 5.73 Å². The molecule has 0 radical (unpaired) electrons. The van der Waals surface area contributed by atoms with Crippen LogP contribution in [0.4, 0.5) is 0 Å². The van der Waals surface area contributed by atoms with Crippen LogP contribution in [0, 0.1) is 0 Å². The van der Waals surface area contributed by atoms with Crippen molar-refractivity contribution in [1.82, 2.24) is 0 Å². The second-order valence-corrected chi connectivity index (χ2v) is 2.10. The molecular formula is C5H7BrN2O. The van der Waals surface area contributed by atoms with Crippen molar-refractivity contribution in [3.05, 3.63) is 10.7 Å². The zero-order chi connectivity index (χ0) is 7.28. The molecule has 0 rings (SSSR count). The third-order valence-electron chi connectivity index (χ3n) is 0.744. The van der Waals surface area contributed by atoms with Gasteiger partial charge >= 0.3 is 0 Å². The van der Waals surface area contributed by atoms with Gasteiger partial charge in [0.15, 0.2) is 6.29 Å². The van der Waals surface area contributed by atoms with Gasteiger partial charge in [-0.15, -0.1) is 0 Å². The minimum absolute atomic E-state index is 0.317. The average molecular weight is 191 g/mol. The van der Waals surface area contributed by atoms with E-state index in [0.29, 0.717) is 16.5 Å². The lowest BCUT2D eigenvalue weighted by atomic mass is 10.4. The molecule has 0 bridgehead atoms. The standard InChI is InChI=1S/C5H7BrN2O/c1-8-5(3-9)4(6)2-7/h2-3H,7H2,1H3/b4-2+,8-5?. The Kier molecular flexibility index (Phi) is 3.96. The summed E-state index contributed by atoms with van der Waals surface area (Å²) in [6, 6.07) is 0. The molecule has 0 spiro atoms. The third kappa shape index (κ3) is 2.41. The Hall–Kier alpha value is -0.640. The molecule has 0 aliphatic heterocycles. The molecule has 0 aliphatic carbocycles. The Morgan fingerprint density at radius 2 is 2.33 bits per heavy atom. The number of carbonyl (C=O) groups is 1. The van der Waals surface area contributed by atoms with Crippen molar-refractivity contribution < 1.29 is 4.79 Å². The second kappa shape index (κ2) is 4.26. The van der Waals surface area contributed by atoms with Crippen molar-refractivity contribution in [3.63, 3.8) is 0 Å². The number of hydrogen-bond acceptors (Lipinski definition) is 3. The highest BCUT2D eigenvalue weighted by molar-refractivity contribution is 9.12. The van der Waals surface area contributed by atoms with Gasteiger partial charge < -0.3 is 5.73 Å². The monoisotopic (exact) mass is 190 g/mol. The number of aldehydes is 1. The summed E-state index contributed by atoms with van der Waals surface area (Å²) in [5, 5.41) is 0. The van der Waals surface area contributed by atoms with E-state index in [1.165, 1.54) is 13.2 Å². The number of aliphatic imine (C=N–C) groups is 1. The van der Waals surface area contributed by atoms with Crippen molar-refractivity contribution in [1.29, 1.82) is 0 Å². The molecule has 9 heavy (non-hydrogen) atoms. The van der Waals surface area contributed by atoms with Crippen LogP contribution in [0.5, 0.6) is 0 Å². The lowest BCUT2D eigenvalue weighted by molar-refractivity contribution is -0.102. The quantitative estimate of drug-likeness (QED) is 0.508. The number of hydrogen-bond donors (Lipinski definition) is 1. The van der Waals surface area contributed by atoms with Gasteiger partial charge in [0, 0.05) is 13.2 Å². The first-order valence-electron chi connectivity index (χ1n) is 2.26. The average Bonchev–Trinajstić information content (AvgIpc) is 1.90. The van der Waals surface area contributed by atoms with Gasteiger partial charge in [-0.3, -0.25) is 9.79 Å². The lowest BCUT2D eigenvalue weighted by Crippen LogP contribution is -2.00. The van der Waals surface area contributed by atoms with E-state index < -0.39 is 0 Å². The van der Waals surface area contributed by atoms with E-state index in [1.54, 1.807) is 0 Å². The summed E-state index contributed by atoms with van der Waals surface area (Å²) >= 11 is 3.04. The van der Waals surface area contributed by atoms with Crippen LogP contribution in [0.2, 0.25) is 0 Å². The predicted octanol–water partition coefficient (Wildman–Crippen LogP) is 0.451. The molecule has 3 nitrogen and oxygen atoms in total. The van der Waals surface area contributed by atoms with Crippen LogP contribution in [0.25, 0.3) is 0 Å². The fraction of sp³-hybridized carbons (Fsp3) is 0.200. The molecule has 0 fully saturated rings. The fourth-order valence-corrected chi connectivity index (χ4v) is 0.572. The maximum atomic E-state index is 10.1. The topological polar surface area (TPSA) is 55.5 Å². The molecule has 0 heterocycles. The van der Waals surface area contributed by atoms with Crippen molar-refractivity contribution in [2.24, 2.45) is 10.7 Å². The van der Waals surface area contributed by atoms with E-state index in [4.69, 9.17) is 5.73 Å². The molecule has 0 amide bonds. The van der Waals surface area contributed by atoms with Gasteiger partial charge in [-0.25, -0.2) is 0 Å². The summed E-state index contributed by atoms with van der Waals surface area (Å²) in [7, 11) is 1.52. The number of nitrogens with two attached hydrogens (primary N) is 1. The van der Waals surface area contributed by atoms with E-state index in [0.717, 1.165) is 0 Å². The van der Waals surface area contributed by atoms with Crippen LogP contribution >= 0.6 is 15.9 Å². The van der Waals surface area contributed by atoms with Crippen molar-refractivity contribution in [2.75, 3.05) is 7.05 Å². The fourth-order valence-electron chi connectivity index (χ4n) is 0.301. The molecule has 0 aromatic heterocycles. The van der Waals surface area contributed by atoms with Crippen molar-refractivity contribution >= 4 is 27.9 Å². The molecule has 0 saturated carbocycles. The third-order valence-corrected chi connectivity index (χ3v) is 1.41. The molecule has 0 aliphatic rings. The molecular weight excluding hydrogens is 184 g/mol. The molecule has 0 atom stereocenters. The minimum atomic E-state index is 0.317. The summed E-state index contributed by atoms with van der Waals surface area (Å²) in [6.45, 7) is 0. The van der Waals surface area contributed by atoms with Gasteiger partial charge in [-0.05, 0) is 15.9 Å². The largest absolute Gasteiger partial charge is 0.404 e. The zero-order valence-electron chi connectivity index (χ0n) is 4.97. The van der Waals surface area contributed by atoms with E-state index in [9.17, 15) is 4.79 Å². The van der Waals surface area contributed by atoms with Crippen LogP contribution in [0.3, 0.4) is 0 Å². The highest BCUT2D eigenvalue weighted by Gasteiger charge is 1.97. The summed E-state index contributed by atoms with van der Waals surface area (Å²) in [4.78, 5) is 13.7. The SMILES string of the molecule is CN=C(C=O)/C(Br)=C\N. The molecule has 4 heteroatoms. The summed E-state index contributed by atoms with van der Waals surface area (Å²) in [5.74, 6) is 0. The number of halogens is 1. The first-order valence-corrected chi connectivity index (χ1v) is 3.05. The Bertz CT molecular complexity index is 162. The minimum Gasteiger partial charge on any atom is -0.404 e. The van der Waals surface area contributed by atoms with Gasteiger partial charge in [0.25, 0.3) is 0 Å². The highest BCUT2D eigenvalue weighted by Crippen LogP contribution is 2.02. The van der Waals surface area contributed by atoms with Crippen molar-refractivity contribution in [3.8, 4) is 0 Å². The summed E-state index contributed by atoms with van der Waals surface area (Å²) in [6.07, 6.45) is 1.91. The zero-order valence-corrected chi connectivity index (χ0v) is 6.55. The normalized spacial score (nSPS) is 13.6. The molecule has 0 unspecified atom stereocenters. The first kappa shape index (κ1) is 8.36. The highest BCUT2D eigenvalue weighted by atomic mass is 79.9. The number of rotatable bonds is 2.